The molecule has 0 saturated heterocycles. The summed E-state index contributed by atoms with van der Waals surface area (Å²) in [6.45, 7) is 3.02. The fourth-order valence-corrected chi connectivity index (χ4v) is 1.99. The molecular formula is C14H18N4S. The predicted octanol–water partition coefficient (Wildman–Crippen LogP) is 3.76. The molecule has 0 amide bonds. The Hall–Kier alpha value is -1.75. The normalized spacial score (nSPS) is 10.2. The van der Waals surface area contributed by atoms with Gasteiger partial charge in [-0.1, -0.05) is 6.92 Å². The van der Waals surface area contributed by atoms with Crippen molar-refractivity contribution in [3.8, 4) is 0 Å². The van der Waals surface area contributed by atoms with Gasteiger partial charge < -0.3 is 10.6 Å². The molecule has 0 bridgehead atoms. The van der Waals surface area contributed by atoms with Crippen LogP contribution in [-0.2, 0) is 0 Å². The highest BCUT2D eigenvalue weighted by Crippen LogP contribution is 2.20. The first kappa shape index (κ1) is 13.7. The third-order valence-corrected chi connectivity index (χ3v) is 3.30. The Balaban J connectivity index is 2.05. The van der Waals surface area contributed by atoms with E-state index in [4.69, 9.17) is 0 Å². The Morgan fingerprint density at radius 1 is 1.11 bits per heavy atom. The number of hydrogen-bond acceptors (Lipinski definition) is 5. The summed E-state index contributed by atoms with van der Waals surface area (Å²) in [4.78, 5) is 9.88. The van der Waals surface area contributed by atoms with Crippen LogP contribution in [0.5, 0.6) is 0 Å². The van der Waals surface area contributed by atoms with Crippen LogP contribution in [0.3, 0.4) is 0 Å². The van der Waals surface area contributed by atoms with Crippen molar-refractivity contribution in [2.24, 2.45) is 0 Å². The standard InChI is InChI=1S/C14H18N4S/c1-3-8-16-13-9-15-10-14(18-13)17-11-4-6-12(19-2)7-5-11/h4-7,9-10H,3,8H2,1-2H3,(H2,16,17,18). The van der Waals surface area contributed by atoms with E-state index >= 15 is 0 Å². The predicted molar refractivity (Wildman–Crippen MR) is 82.3 cm³/mol. The third-order valence-electron chi connectivity index (χ3n) is 2.55. The van der Waals surface area contributed by atoms with Gasteiger partial charge in [-0.2, -0.15) is 0 Å². The number of nitrogens with one attached hydrogen (secondary N) is 2. The van der Waals surface area contributed by atoms with Crippen LogP contribution in [0.1, 0.15) is 13.3 Å². The van der Waals surface area contributed by atoms with Crippen LogP contribution in [0.25, 0.3) is 0 Å². The van der Waals surface area contributed by atoms with E-state index in [0.717, 1.165) is 30.3 Å². The lowest BCUT2D eigenvalue weighted by atomic mass is 10.3. The van der Waals surface area contributed by atoms with Crippen LogP contribution in [0.15, 0.2) is 41.6 Å². The van der Waals surface area contributed by atoms with E-state index in [2.05, 4.69) is 45.9 Å². The maximum Gasteiger partial charge on any atom is 0.151 e. The zero-order valence-electron chi connectivity index (χ0n) is 11.2. The van der Waals surface area contributed by atoms with Crippen molar-refractivity contribution in [2.75, 3.05) is 23.4 Å². The molecule has 1 heterocycles. The quantitative estimate of drug-likeness (QED) is 0.785. The van der Waals surface area contributed by atoms with E-state index in [-0.39, 0.29) is 0 Å². The monoisotopic (exact) mass is 274 g/mol. The first-order valence-corrected chi connectivity index (χ1v) is 7.51. The van der Waals surface area contributed by atoms with Crippen molar-refractivity contribution in [3.05, 3.63) is 36.7 Å². The highest BCUT2D eigenvalue weighted by atomic mass is 32.2. The third kappa shape index (κ3) is 4.13. The van der Waals surface area contributed by atoms with E-state index in [1.165, 1.54) is 4.90 Å². The van der Waals surface area contributed by atoms with Crippen molar-refractivity contribution >= 4 is 29.1 Å². The largest absolute Gasteiger partial charge is 0.369 e. The molecule has 0 fully saturated rings. The lowest BCUT2D eigenvalue weighted by Gasteiger charge is -2.08. The van der Waals surface area contributed by atoms with Crippen LogP contribution in [0, 0.1) is 0 Å². The first-order valence-electron chi connectivity index (χ1n) is 6.29. The zero-order chi connectivity index (χ0) is 13.5. The van der Waals surface area contributed by atoms with Crippen LogP contribution >= 0.6 is 11.8 Å². The summed E-state index contributed by atoms with van der Waals surface area (Å²) in [5.74, 6) is 1.55. The van der Waals surface area contributed by atoms with E-state index in [1.807, 2.05) is 12.1 Å². The Morgan fingerprint density at radius 2 is 1.84 bits per heavy atom. The van der Waals surface area contributed by atoms with Gasteiger partial charge in [-0.25, -0.2) is 4.98 Å². The lowest BCUT2D eigenvalue weighted by molar-refractivity contribution is 0.965. The van der Waals surface area contributed by atoms with Crippen molar-refractivity contribution in [3.63, 3.8) is 0 Å². The molecule has 1 aromatic heterocycles. The second-order valence-electron chi connectivity index (χ2n) is 4.07. The molecule has 2 aromatic rings. The van der Waals surface area contributed by atoms with E-state index in [0.29, 0.717) is 0 Å². The van der Waals surface area contributed by atoms with E-state index < -0.39 is 0 Å². The zero-order valence-corrected chi connectivity index (χ0v) is 12.0. The lowest BCUT2D eigenvalue weighted by Crippen LogP contribution is -2.04. The molecule has 5 heteroatoms. The topological polar surface area (TPSA) is 49.8 Å². The maximum atomic E-state index is 4.46. The number of thioether (sulfide) groups is 1. The smallest absolute Gasteiger partial charge is 0.151 e. The fourth-order valence-electron chi connectivity index (χ4n) is 1.59. The number of aromatic nitrogens is 2. The fraction of sp³-hybridized carbons (Fsp3) is 0.286. The van der Waals surface area contributed by atoms with E-state index in [1.54, 1.807) is 24.2 Å². The Labute approximate surface area is 118 Å². The molecule has 4 nitrogen and oxygen atoms in total. The molecule has 0 saturated carbocycles. The minimum absolute atomic E-state index is 0.748. The van der Waals surface area contributed by atoms with Gasteiger partial charge in [-0.15, -0.1) is 11.8 Å². The molecule has 0 aliphatic rings. The molecule has 0 aliphatic carbocycles. The van der Waals surface area contributed by atoms with E-state index in [9.17, 15) is 0 Å². The van der Waals surface area contributed by atoms with Crippen LogP contribution in [-0.4, -0.2) is 22.8 Å². The molecule has 0 atom stereocenters. The molecule has 0 aliphatic heterocycles. The van der Waals surface area contributed by atoms with Crippen LogP contribution in [0.2, 0.25) is 0 Å². The number of anilines is 3. The van der Waals surface area contributed by atoms with Gasteiger partial charge in [-0.05, 0) is 36.9 Å². The highest BCUT2D eigenvalue weighted by Gasteiger charge is 1.99. The van der Waals surface area contributed by atoms with Crippen LogP contribution < -0.4 is 10.6 Å². The van der Waals surface area contributed by atoms with Gasteiger partial charge in [0.1, 0.15) is 5.82 Å². The Kier molecular flexibility index (Phi) is 5.03. The van der Waals surface area contributed by atoms with Gasteiger partial charge in [0.15, 0.2) is 5.82 Å². The van der Waals surface area contributed by atoms with Crippen molar-refractivity contribution in [1.29, 1.82) is 0 Å². The van der Waals surface area contributed by atoms with Gasteiger partial charge in [0, 0.05) is 17.1 Å². The van der Waals surface area contributed by atoms with Gasteiger partial charge in [-0.3, -0.25) is 4.98 Å². The average Bonchev–Trinajstić information content (AvgIpc) is 2.46. The Morgan fingerprint density at radius 3 is 2.53 bits per heavy atom. The average molecular weight is 274 g/mol. The summed E-state index contributed by atoms with van der Waals surface area (Å²) < 4.78 is 0. The van der Waals surface area contributed by atoms with Crippen LogP contribution in [0.4, 0.5) is 17.3 Å². The van der Waals surface area contributed by atoms with Gasteiger partial charge in [0.2, 0.25) is 0 Å². The minimum atomic E-state index is 0.748. The molecule has 0 unspecified atom stereocenters. The van der Waals surface area contributed by atoms with Crippen molar-refractivity contribution in [2.45, 2.75) is 18.2 Å². The summed E-state index contributed by atoms with van der Waals surface area (Å²) in [6.07, 6.45) is 6.59. The SMILES string of the molecule is CCCNc1cncc(Nc2ccc(SC)cc2)n1. The summed E-state index contributed by atoms with van der Waals surface area (Å²) in [5.41, 5.74) is 1.01. The molecule has 2 N–H and O–H groups in total. The second-order valence-corrected chi connectivity index (χ2v) is 4.95. The number of hydrogen-bond donors (Lipinski definition) is 2. The summed E-state index contributed by atoms with van der Waals surface area (Å²) in [5, 5.41) is 6.47. The van der Waals surface area contributed by atoms with Gasteiger partial charge in [0.25, 0.3) is 0 Å². The van der Waals surface area contributed by atoms with Crippen molar-refractivity contribution < 1.29 is 0 Å². The summed E-state index contributed by atoms with van der Waals surface area (Å²) in [6, 6.07) is 8.25. The maximum absolute atomic E-state index is 4.46. The van der Waals surface area contributed by atoms with Gasteiger partial charge >= 0.3 is 0 Å². The minimum Gasteiger partial charge on any atom is -0.369 e. The molecular weight excluding hydrogens is 256 g/mol. The molecule has 0 spiro atoms. The highest BCUT2D eigenvalue weighted by molar-refractivity contribution is 7.98. The molecule has 100 valence electrons. The van der Waals surface area contributed by atoms with Gasteiger partial charge in [0.05, 0.1) is 12.4 Å². The Bertz CT molecular complexity index is 513. The number of nitrogens with zero attached hydrogens (tertiary/aromatic N) is 2. The number of benzene rings is 1. The number of rotatable bonds is 6. The second kappa shape index (κ2) is 6.99. The molecule has 19 heavy (non-hydrogen) atoms. The molecule has 0 radical (unpaired) electrons. The van der Waals surface area contributed by atoms with Crippen molar-refractivity contribution in [1.82, 2.24) is 9.97 Å². The summed E-state index contributed by atoms with van der Waals surface area (Å²) in [7, 11) is 0. The molecule has 2 rings (SSSR count). The molecule has 1 aromatic carbocycles. The summed E-state index contributed by atoms with van der Waals surface area (Å²) >= 11 is 1.73. The first-order chi connectivity index (χ1) is 9.31.